The van der Waals surface area contributed by atoms with Crippen LogP contribution in [0.3, 0.4) is 0 Å². The summed E-state index contributed by atoms with van der Waals surface area (Å²) in [5, 5.41) is 0. The lowest BCUT2D eigenvalue weighted by Crippen LogP contribution is -2.18. The molecule has 0 atom stereocenters. The number of methoxy groups -OCH3 is 2. The number of nitrogens with two attached hydrogens (primary N) is 1. The highest BCUT2D eigenvalue weighted by atomic mass is 16.5. The third-order valence-corrected chi connectivity index (χ3v) is 2.48. The standard InChI is InChI=1S/C13H20N2O2/c1-9(2)13(14)15-8-10-5-6-11(16-3)12(7-10)17-4/h5-7,9H,8H2,1-4H3,(H2,14,15). The Kier molecular flexibility index (Phi) is 4.82. The van der Waals surface area contributed by atoms with Crippen LogP contribution in [0, 0.1) is 5.92 Å². The van der Waals surface area contributed by atoms with Crippen molar-refractivity contribution in [1.29, 1.82) is 0 Å². The van der Waals surface area contributed by atoms with Crippen LogP contribution in [0.15, 0.2) is 23.2 Å². The van der Waals surface area contributed by atoms with Crippen LogP contribution in [-0.4, -0.2) is 20.1 Å². The molecule has 0 aliphatic carbocycles. The van der Waals surface area contributed by atoms with Crippen molar-refractivity contribution >= 4 is 5.84 Å². The average Bonchev–Trinajstić information content (AvgIpc) is 2.35. The molecule has 0 bridgehead atoms. The lowest BCUT2D eigenvalue weighted by molar-refractivity contribution is 0.354. The maximum absolute atomic E-state index is 5.79. The average molecular weight is 236 g/mol. The molecule has 0 aliphatic rings. The fourth-order valence-corrected chi connectivity index (χ4v) is 1.34. The zero-order chi connectivity index (χ0) is 12.8. The number of benzene rings is 1. The Morgan fingerprint density at radius 2 is 1.88 bits per heavy atom. The molecule has 0 amide bonds. The van der Waals surface area contributed by atoms with Gasteiger partial charge in [-0.25, -0.2) is 0 Å². The molecule has 0 fully saturated rings. The van der Waals surface area contributed by atoms with Crippen LogP contribution in [0.2, 0.25) is 0 Å². The monoisotopic (exact) mass is 236 g/mol. The molecule has 0 aliphatic heterocycles. The number of aliphatic imine (C=N–C) groups is 1. The highest BCUT2D eigenvalue weighted by Gasteiger charge is 2.04. The summed E-state index contributed by atoms with van der Waals surface area (Å²) in [7, 11) is 3.24. The van der Waals surface area contributed by atoms with Gasteiger partial charge >= 0.3 is 0 Å². The Bertz CT molecular complexity index is 400. The van der Waals surface area contributed by atoms with E-state index in [1.807, 2.05) is 32.0 Å². The molecular weight excluding hydrogens is 216 g/mol. The van der Waals surface area contributed by atoms with E-state index >= 15 is 0 Å². The zero-order valence-corrected chi connectivity index (χ0v) is 10.9. The van der Waals surface area contributed by atoms with Crippen LogP contribution >= 0.6 is 0 Å². The first kappa shape index (κ1) is 13.4. The van der Waals surface area contributed by atoms with Crippen LogP contribution in [0.1, 0.15) is 19.4 Å². The van der Waals surface area contributed by atoms with Gasteiger partial charge in [-0.2, -0.15) is 0 Å². The van der Waals surface area contributed by atoms with Crippen LogP contribution in [0.5, 0.6) is 11.5 Å². The molecule has 1 rings (SSSR count). The van der Waals surface area contributed by atoms with Gasteiger partial charge in [0.15, 0.2) is 11.5 Å². The second-order valence-corrected chi connectivity index (χ2v) is 4.09. The van der Waals surface area contributed by atoms with Gasteiger partial charge in [0.1, 0.15) is 0 Å². The smallest absolute Gasteiger partial charge is 0.161 e. The number of hydrogen-bond acceptors (Lipinski definition) is 3. The first-order valence-electron chi connectivity index (χ1n) is 5.59. The normalized spacial score (nSPS) is 11.7. The third-order valence-electron chi connectivity index (χ3n) is 2.48. The van der Waals surface area contributed by atoms with E-state index in [4.69, 9.17) is 15.2 Å². The SMILES string of the molecule is COc1ccc(CN=C(N)C(C)C)cc1OC. The first-order chi connectivity index (χ1) is 8.08. The molecular formula is C13H20N2O2. The zero-order valence-electron chi connectivity index (χ0n) is 10.9. The van der Waals surface area contributed by atoms with Crippen LogP contribution in [0.25, 0.3) is 0 Å². The van der Waals surface area contributed by atoms with E-state index in [0.717, 1.165) is 11.3 Å². The van der Waals surface area contributed by atoms with E-state index < -0.39 is 0 Å². The quantitative estimate of drug-likeness (QED) is 0.630. The van der Waals surface area contributed by atoms with E-state index in [2.05, 4.69) is 4.99 Å². The van der Waals surface area contributed by atoms with E-state index in [0.29, 0.717) is 18.1 Å². The summed E-state index contributed by atoms with van der Waals surface area (Å²) in [5.74, 6) is 2.37. The fraction of sp³-hybridized carbons (Fsp3) is 0.462. The van der Waals surface area contributed by atoms with E-state index in [-0.39, 0.29) is 5.92 Å². The largest absolute Gasteiger partial charge is 0.493 e. The summed E-state index contributed by atoms with van der Waals surface area (Å²) in [6.07, 6.45) is 0. The minimum atomic E-state index is 0.273. The van der Waals surface area contributed by atoms with Gasteiger partial charge in [0.25, 0.3) is 0 Å². The molecule has 0 saturated carbocycles. The molecule has 94 valence electrons. The molecule has 2 N–H and O–H groups in total. The predicted octanol–water partition coefficient (Wildman–Crippen LogP) is 2.22. The van der Waals surface area contributed by atoms with Gasteiger partial charge in [0.05, 0.1) is 26.6 Å². The Balaban J connectivity index is 2.83. The molecule has 17 heavy (non-hydrogen) atoms. The first-order valence-corrected chi connectivity index (χ1v) is 5.59. The molecule has 1 aromatic rings. The summed E-state index contributed by atoms with van der Waals surface area (Å²) in [5.41, 5.74) is 6.83. The molecule has 0 radical (unpaired) electrons. The van der Waals surface area contributed by atoms with Crippen molar-refractivity contribution < 1.29 is 9.47 Å². The fourth-order valence-electron chi connectivity index (χ4n) is 1.34. The Morgan fingerprint density at radius 1 is 1.24 bits per heavy atom. The summed E-state index contributed by atoms with van der Waals surface area (Å²) < 4.78 is 10.4. The highest BCUT2D eigenvalue weighted by molar-refractivity contribution is 5.82. The van der Waals surface area contributed by atoms with Gasteiger partial charge in [-0.15, -0.1) is 0 Å². The molecule has 1 aromatic carbocycles. The molecule has 0 saturated heterocycles. The molecule has 0 unspecified atom stereocenters. The minimum Gasteiger partial charge on any atom is -0.493 e. The molecule has 0 heterocycles. The summed E-state index contributed by atoms with van der Waals surface area (Å²) in [6.45, 7) is 4.60. The summed E-state index contributed by atoms with van der Waals surface area (Å²) in [6, 6.07) is 5.74. The van der Waals surface area contributed by atoms with Gasteiger partial charge in [0.2, 0.25) is 0 Å². The van der Waals surface area contributed by atoms with Crippen molar-refractivity contribution in [2.24, 2.45) is 16.6 Å². The third kappa shape index (κ3) is 3.66. The molecule has 0 aromatic heterocycles. The van der Waals surface area contributed by atoms with Gasteiger partial charge in [-0.05, 0) is 17.7 Å². The van der Waals surface area contributed by atoms with Crippen LogP contribution < -0.4 is 15.2 Å². The Hall–Kier alpha value is -1.71. The Morgan fingerprint density at radius 3 is 2.41 bits per heavy atom. The summed E-state index contributed by atoms with van der Waals surface area (Å²) >= 11 is 0. The van der Waals surface area contributed by atoms with E-state index in [9.17, 15) is 0 Å². The maximum atomic E-state index is 5.79. The number of ether oxygens (including phenoxy) is 2. The van der Waals surface area contributed by atoms with Crippen LogP contribution in [0.4, 0.5) is 0 Å². The second kappa shape index (κ2) is 6.13. The maximum Gasteiger partial charge on any atom is 0.161 e. The van der Waals surface area contributed by atoms with Gasteiger partial charge in [0, 0.05) is 5.92 Å². The Labute approximate surface area is 102 Å². The lowest BCUT2D eigenvalue weighted by Gasteiger charge is -2.09. The van der Waals surface area contributed by atoms with Crippen molar-refractivity contribution in [2.45, 2.75) is 20.4 Å². The summed E-state index contributed by atoms with van der Waals surface area (Å²) in [4.78, 5) is 4.32. The molecule has 0 spiro atoms. The van der Waals surface area contributed by atoms with Gasteiger partial charge < -0.3 is 15.2 Å². The van der Waals surface area contributed by atoms with Crippen molar-refractivity contribution in [1.82, 2.24) is 0 Å². The van der Waals surface area contributed by atoms with Crippen molar-refractivity contribution in [3.8, 4) is 11.5 Å². The highest BCUT2D eigenvalue weighted by Crippen LogP contribution is 2.27. The predicted molar refractivity (Wildman–Crippen MR) is 69.7 cm³/mol. The van der Waals surface area contributed by atoms with Gasteiger partial charge in [-0.3, -0.25) is 4.99 Å². The van der Waals surface area contributed by atoms with Crippen molar-refractivity contribution in [2.75, 3.05) is 14.2 Å². The van der Waals surface area contributed by atoms with Crippen molar-refractivity contribution in [3.05, 3.63) is 23.8 Å². The second-order valence-electron chi connectivity index (χ2n) is 4.09. The topological polar surface area (TPSA) is 56.8 Å². The lowest BCUT2D eigenvalue weighted by atomic mass is 10.2. The van der Waals surface area contributed by atoms with Crippen LogP contribution in [-0.2, 0) is 6.54 Å². The number of nitrogens with zero attached hydrogens (tertiary/aromatic N) is 1. The van der Waals surface area contributed by atoms with E-state index in [1.54, 1.807) is 14.2 Å². The molecule has 4 heteroatoms. The number of hydrogen-bond donors (Lipinski definition) is 1. The molecule has 4 nitrogen and oxygen atoms in total. The number of amidine groups is 1. The number of rotatable bonds is 5. The van der Waals surface area contributed by atoms with Gasteiger partial charge in [-0.1, -0.05) is 19.9 Å². The van der Waals surface area contributed by atoms with E-state index in [1.165, 1.54) is 0 Å². The van der Waals surface area contributed by atoms with Crippen molar-refractivity contribution in [3.63, 3.8) is 0 Å². The minimum absolute atomic E-state index is 0.273.